The third-order valence-corrected chi connectivity index (χ3v) is 2.96. The summed E-state index contributed by atoms with van der Waals surface area (Å²) < 4.78 is 0. The Kier molecular flexibility index (Phi) is 5.41. The largest absolute Gasteiger partial charge is 0.505 e. The van der Waals surface area contributed by atoms with E-state index < -0.39 is 18.1 Å². The molecule has 0 aromatic heterocycles. The molecule has 6 nitrogen and oxygen atoms in total. The van der Waals surface area contributed by atoms with E-state index in [9.17, 15) is 14.7 Å². The maximum atomic E-state index is 10.7. The van der Waals surface area contributed by atoms with Crippen LogP contribution in [0.4, 0.5) is 5.69 Å². The number of nitrogens with two attached hydrogens (primary N) is 1. The fraction of sp³-hybridized carbons (Fsp3) is 0.273. The van der Waals surface area contributed by atoms with Crippen LogP contribution in [0.15, 0.2) is 12.1 Å². The highest BCUT2D eigenvalue weighted by molar-refractivity contribution is 6.37. The number of phenolic OH excluding ortho intramolecular Hbond substituents is 1. The molecule has 1 aromatic rings. The van der Waals surface area contributed by atoms with Gasteiger partial charge in [0.1, 0.15) is 6.29 Å². The van der Waals surface area contributed by atoms with Gasteiger partial charge in [-0.1, -0.05) is 23.2 Å². The van der Waals surface area contributed by atoms with E-state index in [1.807, 2.05) is 0 Å². The Hall–Kier alpha value is -1.50. The lowest BCUT2D eigenvalue weighted by molar-refractivity contribution is -0.137. The summed E-state index contributed by atoms with van der Waals surface area (Å²) in [6.07, 6.45) is 0.0975. The van der Waals surface area contributed by atoms with E-state index >= 15 is 0 Å². The number of anilines is 1. The van der Waals surface area contributed by atoms with Crippen LogP contribution in [0.2, 0.25) is 10.0 Å². The van der Waals surface area contributed by atoms with Gasteiger partial charge < -0.3 is 26.1 Å². The molecule has 0 aliphatic rings. The number of benzene rings is 1. The van der Waals surface area contributed by atoms with Crippen molar-refractivity contribution in [3.05, 3.63) is 22.2 Å². The summed E-state index contributed by atoms with van der Waals surface area (Å²) in [5.41, 5.74) is 5.87. The van der Waals surface area contributed by atoms with Crippen LogP contribution in [-0.4, -0.2) is 34.6 Å². The SMILES string of the molecule is N[C@H](C=O)C(CC(=O)O)Nc1cc(Cl)c(O)c(Cl)c1. The fourth-order valence-corrected chi connectivity index (χ4v) is 1.92. The molecule has 2 atom stereocenters. The van der Waals surface area contributed by atoms with Crippen molar-refractivity contribution in [3.8, 4) is 5.75 Å². The highest BCUT2D eigenvalue weighted by atomic mass is 35.5. The number of carbonyl (C=O) groups excluding carboxylic acids is 1. The summed E-state index contributed by atoms with van der Waals surface area (Å²) in [6.45, 7) is 0. The predicted molar refractivity (Wildman–Crippen MR) is 71.8 cm³/mol. The first-order chi connectivity index (χ1) is 8.85. The monoisotopic (exact) mass is 306 g/mol. The lowest BCUT2D eigenvalue weighted by atomic mass is 10.1. The third-order valence-electron chi connectivity index (χ3n) is 2.39. The maximum Gasteiger partial charge on any atom is 0.305 e. The Morgan fingerprint density at radius 1 is 1.42 bits per heavy atom. The summed E-state index contributed by atoms with van der Waals surface area (Å²) in [5.74, 6) is -1.38. The molecule has 1 unspecified atom stereocenters. The van der Waals surface area contributed by atoms with E-state index in [0.29, 0.717) is 12.0 Å². The van der Waals surface area contributed by atoms with Crippen LogP contribution in [0.25, 0.3) is 0 Å². The number of hydrogen-bond acceptors (Lipinski definition) is 5. The van der Waals surface area contributed by atoms with Gasteiger partial charge in [0.05, 0.1) is 28.5 Å². The minimum Gasteiger partial charge on any atom is -0.505 e. The van der Waals surface area contributed by atoms with Crippen molar-refractivity contribution < 1.29 is 19.8 Å². The van der Waals surface area contributed by atoms with Crippen molar-refractivity contribution >= 4 is 41.1 Å². The third kappa shape index (κ3) is 4.27. The molecule has 0 aliphatic heterocycles. The smallest absolute Gasteiger partial charge is 0.305 e. The van der Waals surface area contributed by atoms with Crippen molar-refractivity contribution in [2.24, 2.45) is 5.73 Å². The number of halogens is 2. The Labute approximate surface area is 119 Å². The number of phenols is 1. The van der Waals surface area contributed by atoms with Gasteiger partial charge in [-0.15, -0.1) is 0 Å². The molecule has 0 aliphatic carbocycles. The molecule has 0 radical (unpaired) electrons. The van der Waals surface area contributed by atoms with Crippen molar-refractivity contribution in [1.82, 2.24) is 0 Å². The normalized spacial score (nSPS) is 13.6. The van der Waals surface area contributed by atoms with Crippen LogP contribution in [-0.2, 0) is 9.59 Å². The number of hydrogen-bond donors (Lipinski definition) is 4. The quantitative estimate of drug-likeness (QED) is 0.468. The average Bonchev–Trinajstić information content (AvgIpc) is 2.33. The molecule has 104 valence electrons. The topological polar surface area (TPSA) is 113 Å². The molecule has 0 saturated heterocycles. The number of carbonyl (C=O) groups is 2. The molecule has 0 fully saturated rings. The summed E-state index contributed by atoms with van der Waals surface area (Å²) in [5, 5.41) is 20.9. The van der Waals surface area contributed by atoms with Gasteiger partial charge in [-0.25, -0.2) is 0 Å². The van der Waals surface area contributed by atoms with Gasteiger partial charge >= 0.3 is 5.97 Å². The molecular formula is C11H12Cl2N2O4. The van der Waals surface area contributed by atoms with Crippen LogP contribution >= 0.6 is 23.2 Å². The first-order valence-corrected chi connectivity index (χ1v) is 5.98. The standard InChI is InChI=1S/C11H12Cl2N2O4/c12-6-1-5(2-7(13)11(6)19)15-9(3-10(17)18)8(14)4-16/h1-2,4,8-9,15,19H,3,14H2,(H,17,18)/t8-,9?/m1/s1. The van der Waals surface area contributed by atoms with Gasteiger partial charge in [-0.2, -0.15) is 0 Å². The van der Waals surface area contributed by atoms with Crippen LogP contribution in [0, 0.1) is 0 Å². The predicted octanol–water partition coefficient (Wildman–Crippen LogP) is 1.48. The van der Waals surface area contributed by atoms with Gasteiger partial charge in [0.25, 0.3) is 0 Å². The highest BCUT2D eigenvalue weighted by Crippen LogP contribution is 2.34. The lowest BCUT2D eigenvalue weighted by Gasteiger charge is -2.21. The molecule has 0 spiro atoms. The molecule has 1 rings (SSSR count). The van der Waals surface area contributed by atoms with Gasteiger partial charge in [-0.3, -0.25) is 4.79 Å². The molecule has 8 heteroatoms. The van der Waals surface area contributed by atoms with Gasteiger partial charge in [-0.05, 0) is 12.1 Å². The Bertz CT molecular complexity index is 473. The molecule has 0 bridgehead atoms. The molecule has 0 saturated carbocycles. The van der Waals surface area contributed by atoms with E-state index in [-0.39, 0.29) is 22.2 Å². The minimum absolute atomic E-state index is 0.00347. The first kappa shape index (κ1) is 15.6. The summed E-state index contributed by atoms with van der Waals surface area (Å²) in [7, 11) is 0. The van der Waals surface area contributed by atoms with Crippen molar-refractivity contribution in [3.63, 3.8) is 0 Å². The lowest BCUT2D eigenvalue weighted by Crippen LogP contribution is -2.42. The van der Waals surface area contributed by atoms with Gasteiger partial charge in [0.15, 0.2) is 5.75 Å². The summed E-state index contributed by atoms with van der Waals surface area (Å²) in [4.78, 5) is 21.4. The molecule has 1 aromatic carbocycles. The summed E-state index contributed by atoms with van der Waals surface area (Å²) in [6, 6.07) is 0.902. The van der Waals surface area contributed by atoms with Gasteiger partial charge in [0.2, 0.25) is 0 Å². The van der Waals surface area contributed by atoms with Crippen LogP contribution in [0.3, 0.4) is 0 Å². The Balaban J connectivity index is 2.96. The number of carboxylic acids is 1. The van der Waals surface area contributed by atoms with Gasteiger partial charge in [0, 0.05) is 5.69 Å². The molecule has 0 heterocycles. The van der Waals surface area contributed by atoms with E-state index in [2.05, 4.69) is 5.32 Å². The molecule has 19 heavy (non-hydrogen) atoms. The summed E-state index contributed by atoms with van der Waals surface area (Å²) >= 11 is 11.5. The fourth-order valence-electron chi connectivity index (χ4n) is 1.43. The minimum atomic E-state index is -1.11. The van der Waals surface area contributed by atoms with E-state index in [0.717, 1.165) is 0 Å². The van der Waals surface area contributed by atoms with Crippen LogP contribution in [0.5, 0.6) is 5.75 Å². The Morgan fingerprint density at radius 2 is 1.95 bits per heavy atom. The second kappa shape index (κ2) is 6.60. The van der Waals surface area contributed by atoms with Crippen molar-refractivity contribution in [2.75, 3.05) is 5.32 Å². The molecule has 5 N–H and O–H groups in total. The van der Waals surface area contributed by atoms with E-state index in [1.165, 1.54) is 12.1 Å². The zero-order chi connectivity index (χ0) is 14.6. The second-order valence-corrected chi connectivity index (χ2v) is 4.67. The zero-order valence-corrected chi connectivity index (χ0v) is 11.1. The number of nitrogens with one attached hydrogen (secondary N) is 1. The number of carboxylic acid groups (broad SMARTS) is 1. The molecular weight excluding hydrogens is 295 g/mol. The second-order valence-electron chi connectivity index (χ2n) is 3.85. The van der Waals surface area contributed by atoms with E-state index in [4.69, 9.17) is 34.0 Å². The maximum absolute atomic E-state index is 10.7. The number of aromatic hydroxyl groups is 1. The van der Waals surface area contributed by atoms with Crippen LogP contribution in [0.1, 0.15) is 6.42 Å². The van der Waals surface area contributed by atoms with Crippen molar-refractivity contribution in [1.29, 1.82) is 0 Å². The van der Waals surface area contributed by atoms with Crippen molar-refractivity contribution in [2.45, 2.75) is 18.5 Å². The average molecular weight is 307 g/mol. The highest BCUT2D eigenvalue weighted by Gasteiger charge is 2.21. The Morgan fingerprint density at radius 3 is 2.37 bits per heavy atom. The number of aldehydes is 1. The first-order valence-electron chi connectivity index (χ1n) is 5.22. The zero-order valence-electron chi connectivity index (χ0n) is 9.64. The molecule has 0 amide bonds. The van der Waals surface area contributed by atoms with Crippen LogP contribution < -0.4 is 11.1 Å². The number of aliphatic carboxylic acids is 1. The number of rotatable bonds is 6. The van der Waals surface area contributed by atoms with E-state index in [1.54, 1.807) is 0 Å².